The summed E-state index contributed by atoms with van der Waals surface area (Å²) in [5.74, 6) is 0. The van der Waals surface area contributed by atoms with Crippen LogP contribution in [0.25, 0.3) is 22.5 Å². The molecule has 3 aromatic rings. The Morgan fingerprint density at radius 1 is 0.810 bits per heavy atom. The van der Waals surface area contributed by atoms with Gasteiger partial charge in [-0.2, -0.15) is 4.98 Å². The third-order valence-electron chi connectivity index (χ3n) is 3.45. The minimum absolute atomic E-state index is 0.330. The summed E-state index contributed by atoms with van der Waals surface area (Å²) < 4.78 is 0. The number of nitrogens with one attached hydrogen (secondary N) is 1. The zero-order valence-corrected chi connectivity index (χ0v) is 12.1. The molecule has 21 heavy (non-hydrogen) atoms. The van der Waals surface area contributed by atoms with Crippen LogP contribution in [0.2, 0.25) is 0 Å². The fourth-order valence-corrected chi connectivity index (χ4v) is 2.22. The van der Waals surface area contributed by atoms with Crippen LogP contribution in [0.5, 0.6) is 0 Å². The normalized spacial score (nSPS) is 10.6. The van der Waals surface area contributed by atoms with E-state index in [4.69, 9.17) is 0 Å². The number of nitrogens with zero attached hydrogens (tertiary/aromatic N) is 1. The summed E-state index contributed by atoms with van der Waals surface area (Å²) in [6.07, 6.45) is 0. The van der Waals surface area contributed by atoms with Crippen LogP contribution < -0.4 is 5.69 Å². The lowest BCUT2D eigenvalue weighted by Gasteiger charge is -2.06. The van der Waals surface area contributed by atoms with Crippen LogP contribution in [0.1, 0.15) is 11.1 Å². The molecule has 0 atom stereocenters. The summed E-state index contributed by atoms with van der Waals surface area (Å²) in [7, 11) is 0. The molecule has 0 aliphatic heterocycles. The van der Waals surface area contributed by atoms with Gasteiger partial charge < -0.3 is 4.98 Å². The first-order valence-electron chi connectivity index (χ1n) is 6.87. The molecule has 0 spiro atoms. The molecule has 0 aliphatic carbocycles. The van der Waals surface area contributed by atoms with Gasteiger partial charge in [-0.3, -0.25) is 0 Å². The monoisotopic (exact) mass is 276 g/mol. The number of aryl methyl sites for hydroxylation is 2. The Hall–Kier alpha value is -2.68. The molecule has 2 aromatic carbocycles. The quantitative estimate of drug-likeness (QED) is 0.775. The van der Waals surface area contributed by atoms with E-state index in [1.54, 1.807) is 0 Å². The Balaban J connectivity index is 2.10. The summed E-state index contributed by atoms with van der Waals surface area (Å²) in [5, 5.41) is 0. The van der Waals surface area contributed by atoms with Gasteiger partial charge in [0.05, 0.1) is 11.4 Å². The lowest BCUT2D eigenvalue weighted by atomic mass is 10.1. The zero-order chi connectivity index (χ0) is 14.8. The second kappa shape index (κ2) is 5.37. The number of H-pyrrole nitrogens is 1. The number of hydrogen-bond donors (Lipinski definition) is 1. The summed E-state index contributed by atoms with van der Waals surface area (Å²) in [6, 6.07) is 18.0. The van der Waals surface area contributed by atoms with E-state index in [-0.39, 0.29) is 5.69 Å². The molecule has 1 heterocycles. The van der Waals surface area contributed by atoms with Gasteiger partial charge in [0, 0.05) is 5.56 Å². The maximum Gasteiger partial charge on any atom is 0.345 e. The average molecular weight is 276 g/mol. The number of rotatable bonds is 2. The topological polar surface area (TPSA) is 45.8 Å². The average Bonchev–Trinajstić information content (AvgIpc) is 2.48. The molecule has 104 valence electrons. The number of aromatic nitrogens is 2. The van der Waals surface area contributed by atoms with Gasteiger partial charge >= 0.3 is 5.69 Å². The van der Waals surface area contributed by atoms with Gasteiger partial charge in [-0.25, -0.2) is 4.79 Å². The SMILES string of the molecule is Cc1ccc(-c2cc(-c3ccc(C)cc3)[nH]c(=O)n2)cc1. The lowest BCUT2D eigenvalue weighted by Crippen LogP contribution is -2.11. The predicted octanol–water partition coefficient (Wildman–Crippen LogP) is 3.72. The van der Waals surface area contributed by atoms with Gasteiger partial charge in [-0.1, -0.05) is 59.7 Å². The molecule has 0 fully saturated rings. The highest BCUT2D eigenvalue weighted by molar-refractivity contribution is 5.67. The second-order valence-corrected chi connectivity index (χ2v) is 5.22. The molecule has 0 bridgehead atoms. The first kappa shape index (κ1) is 13.3. The van der Waals surface area contributed by atoms with Gasteiger partial charge in [-0.05, 0) is 25.5 Å². The van der Waals surface area contributed by atoms with Crippen LogP contribution in [-0.2, 0) is 0 Å². The summed E-state index contributed by atoms with van der Waals surface area (Å²) >= 11 is 0. The van der Waals surface area contributed by atoms with Crippen LogP contribution in [0.15, 0.2) is 59.4 Å². The van der Waals surface area contributed by atoms with Gasteiger partial charge in [0.2, 0.25) is 0 Å². The molecule has 3 nitrogen and oxygen atoms in total. The third kappa shape index (κ3) is 2.92. The van der Waals surface area contributed by atoms with Crippen molar-refractivity contribution in [2.75, 3.05) is 0 Å². The highest BCUT2D eigenvalue weighted by Gasteiger charge is 2.05. The van der Waals surface area contributed by atoms with E-state index in [9.17, 15) is 4.79 Å². The molecule has 0 saturated carbocycles. The molecule has 3 heteroatoms. The lowest BCUT2D eigenvalue weighted by molar-refractivity contribution is 1.09. The van der Waals surface area contributed by atoms with Crippen LogP contribution in [0, 0.1) is 13.8 Å². The van der Waals surface area contributed by atoms with E-state index in [0.29, 0.717) is 5.69 Å². The first-order valence-corrected chi connectivity index (χ1v) is 6.87. The van der Waals surface area contributed by atoms with Crippen LogP contribution in [0.3, 0.4) is 0 Å². The van der Waals surface area contributed by atoms with Crippen LogP contribution in [0.4, 0.5) is 0 Å². The van der Waals surface area contributed by atoms with Crippen molar-refractivity contribution in [3.8, 4) is 22.5 Å². The molecular formula is C18H16N2O. The van der Waals surface area contributed by atoms with Crippen molar-refractivity contribution >= 4 is 0 Å². The van der Waals surface area contributed by atoms with E-state index >= 15 is 0 Å². The Labute approximate surface area is 123 Å². The van der Waals surface area contributed by atoms with E-state index < -0.39 is 0 Å². The van der Waals surface area contributed by atoms with Crippen molar-refractivity contribution < 1.29 is 0 Å². The van der Waals surface area contributed by atoms with Crippen molar-refractivity contribution in [1.29, 1.82) is 0 Å². The smallest absolute Gasteiger partial charge is 0.305 e. The van der Waals surface area contributed by atoms with Crippen LogP contribution in [-0.4, -0.2) is 9.97 Å². The Morgan fingerprint density at radius 2 is 1.33 bits per heavy atom. The number of benzene rings is 2. The number of aromatic amines is 1. The van der Waals surface area contributed by atoms with Gasteiger partial charge in [0.1, 0.15) is 0 Å². The summed E-state index contributed by atoms with van der Waals surface area (Å²) in [4.78, 5) is 18.7. The molecule has 0 amide bonds. The predicted molar refractivity (Wildman–Crippen MR) is 85.2 cm³/mol. The molecule has 0 saturated heterocycles. The fraction of sp³-hybridized carbons (Fsp3) is 0.111. The van der Waals surface area contributed by atoms with Gasteiger partial charge in [0.25, 0.3) is 0 Å². The number of hydrogen-bond acceptors (Lipinski definition) is 2. The first-order chi connectivity index (χ1) is 10.1. The van der Waals surface area contributed by atoms with Gasteiger partial charge in [0.15, 0.2) is 0 Å². The summed E-state index contributed by atoms with van der Waals surface area (Å²) in [5.41, 5.74) is 5.44. The van der Waals surface area contributed by atoms with Crippen molar-refractivity contribution in [3.05, 3.63) is 76.2 Å². The standard InChI is InChI=1S/C18H16N2O/c1-12-3-7-14(8-4-12)16-11-17(20-18(21)19-16)15-9-5-13(2)6-10-15/h3-11H,1-2H3,(H,19,20,21). The largest absolute Gasteiger partial charge is 0.345 e. The Bertz CT molecular complexity index is 748. The third-order valence-corrected chi connectivity index (χ3v) is 3.45. The molecule has 1 N–H and O–H groups in total. The van der Waals surface area contributed by atoms with Crippen molar-refractivity contribution in [1.82, 2.24) is 9.97 Å². The van der Waals surface area contributed by atoms with Gasteiger partial charge in [-0.15, -0.1) is 0 Å². The molecule has 0 unspecified atom stereocenters. The highest BCUT2D eigenvalue weighted by Crippen LogP contribution is 2.22. The minimum Gasteiger partial charge on any atom is -0.305 e. The van der Waals surface area contributed by atoms with Crippen molar-refractivity contribution in [2.45, 2.75) is 13.8 Å². The second-order valence-electron chi connectivity index (χ2n) is 5.22. The van der Waals surface area contributed by atoms with Crippen LogP contribution >= 0.6 is 0 Å². The van der Waals surface area contributed by atoms with Crippen molar-refractivity contribution in [3.63, 3.8) is 0 Å². The highest BCUT2D eigenvalue weighted by atomic mass is 16.1. The molecule has 0 radical (unpaired) electrons. The molecule has 1 aromatic heterocycles. The fourth-order valence-electron chi connectivity index (χ4n) is 2.22. The maximum absolute atomic E-state index is 11.8. The maximum atomic E-state index is 11.8. The van der Waals surface area contributed by atoms with E-state index in [2.05, 4.69) is 9.97 Å². The summed E-state index contributed by atoms with van der Waals surface area (Å²) in [6.45, 7) is 4.07. The Morgan fingerprint density at radius 3 is 1.90 bits per heavy atom. The van der Waals surface area contributed by atoms with E-state index in [1.165, 1.54) is 11.1 Å². The van der Waals surface area contributed by atoms with Crippen molar-refractivity contribution in [2.24, 2.45) is 0 Å². The zero-order valence-electron chi connectivity index (χ0n) is 12.1. The van der Waals surface area contributed by atoms with E-state index in [0.717, 1.165) is 16.8 Å². The van der Waals surface area contributed by atoms with E-state index in [1.807, 2.05) is 68.4 Å². The Kier molecular flexibility index (Phi) is 3.40. The minimum atomic E-state index is -0.330. The molecule has 3 rings (SSSR count). The molecular weight excluding hydrogens is 260 g/mol. The molecule has 0 aliphatic rings.